The van der Waals surface area contributed by atoms with E-state index in [0.29, 0.717) is 0 Å². The molecular formula is C17H26O. The Balaban J connectivity index is 2.04. The predicted molar refractivity (Wildman–Crippen MR) is 78.1 cm³/mol. The molecule has 0 spiro atoms. The number of unbranched alkanes of at least 4 members (excludes halogenated alkanes) is 2. The van der Waals surface area contributed by atoms with Gasteiger partial charge in [-0.25, -0.2) is 0 Å². The molecule has 0 heterocycles. The predicted octanol–water partition coefficient (Wildman–Crippen LogP) is 4.09. The molecule has 0 saturated heterocycles. The fraction of sp³-hybridized carbons (Fsp3) is 0.647. The quantitative estimate of drug-likeness (QED) is 0.407. The van der Waals surface area contributed by atoms with Crippen LogP contribution in [0.2, 0.25) is 0 Å². The maximum Gasteiger partial charge on any atom is 0.112 e. The molecule has 100 valence electrons. The molecule has 3 atom stereocenters. The lowest BCUT2D eigenvalue weighted by Gasteiger charge is -1.92. The lowest BCUT2D eigenvalue weighted by atomic mass is 10.1. The van der Waals surface area contributed by atoms with Gasteiger partial charge in [0.2, 0.25) is 0 Å². The molecular weight excluding hydrogens is 220 g/mol. The van der Waals surface area contributed by atoms with Crippen LogP contribution in [0.25, 0.3) is 0 Å². The Labute approximate surface area is 112 Å². The van der Waals surface area contributed by atoms with Crippen LogP contribution in [0.5, 0.6) is 0 Å². The first kappa shape index (κ1) is 15.1. The van der Waals surface area contributed by atoms with Crippen LogP contribution in [-0.4, -0.2) is 11.2 Å². The number of hydrogen-bond donors (Lipinski definition) is 1. The van der Waals surface area contributed by atoms with Gasteiger partial charge in [-0.1, -0.05) is 49.8 Å². The van der Waals surface area contributed by atoms with Crippen molar-refractivity contribution in [3.63, 3.8) is 0 Å². The minimum Gasteiger partial charge on any atom is -0.381 e. The van der Waals surface area contributed by atoms with E-state index in [1.807, 2.05) is 6.08 Å². The molecule has 0 radical (unpaired) electrons. The summed E-state index contributed by atoms with van der Waals surface area (Å²) in [4.78, 5) is 0. The van der Waals surface area contributed by atoms with E-state index in [0.717, 1.165) is 18.3 Å². The Bertz CT molecular complexity index is 327. The Morgan fingerprint density at radius 1 is 1.22 bits per heavy atom. The molecule has 0 aromatic rings. The molecule has 0 aromatic heterocycles. The summed E-state index contributed by atoms with van der Waals surface area (Å²) < 4.78 is 0. The summed E-state index contributed by atoms with van der Waals surface area (Å²) in [5.74, 6) is 7.33. The maximum absolute atomic E-state index is 8.96. The zero-order valence-corrected chi connectivity index (χ0v) is 11.7. The monoisotopic (exact) mass is 246 g/mol. The Kier molecular flexibility index (Phi) is 7.53. The standard InChI is InChI=1S/C17H26O/c1-3-4-5-6-9-12-16-14-17(16)13-10-7-8-11-15(2)18/h6-7,9-10,15-18H,3-5,12-14H2,1-2H3/b9-6-,10-7-/t15-,16-,17+/m1/s1. The van der Waals surface area contributed by atoms with Crippen molar-refractivity contribution >= 4 is 0 Å². The summed E-state index contributed by atoms with van der Waals surface area (Å²) in [5, 5.41) is 8.96. The number of allylic oxidation sites excluding steroid dienone is 4. The molecule has 18 heavy (non-hydrogen) atoms. The number of aliphatic hydroxyl groups is 1. The molecule has 1 nitrogen and oxygen atoms in total. The fourth-order valence-electron chi connectivity index (χ4n) is 2.07. The number of hydrogen-bond acceptors (Lipinski definition) is 1. The highest BCUT2D eigenvalue weighted by Crippen LogP contribution is 2.44. The maximum atomic E-state index is 8.96. The van der Waals surface area contributed by atoms with Crippen LogP contribution >= 0.6 is 0 Å². The largest absolute Gasteiger partial charge is 0.381 e. The van der Waals surface area contributed by atoms with Crippen molar-refractivity contribution in [2.45, 2.75) is 58.5 Å². The number of aliphatic hydroxyl groups excluding tert-OH is 1. The van der Waals surface area contributed by atoms with E-state index in [-0.39, 0.29) is 0 Å². The summed E-state index contributed by atoms with van der Waals surface area (Å²) in [7, 11) is 0. The van der Waals surface area contributed by atoms with Crippen LogP contribution in [0.3, 0.4) is 0 Å². The highest BCUT2D eigenvalue weighted by Gasteiger charge is 2.34. The van der Waals surface area contributed by atoms with Gasteiger partial charge in [-0.15, -0.1) is 0 Å². The molecule has 1 rings (SSSR count). The van der Waals surface area contributed by atoms with Gasteiger partial charge in [0.25, 0.3) is 0 Å². The van der Waals surface area contributed by atoms with Crippen LogP contribution in [0.15, 0.2) is 24.3 Å². The highest BCUT2D eigenvalue weighted by molar-refractivity contribution is 5.17. The van der Waals surface area contributed by atoms with Gasteiger partial charge < -0.3 is 5.11 Å². The summed E-state index contributed by atoms with van der Waals surface area (Å²) >= 11 is 0. The molecule has 0 unspecified atom stereocenters. The molecule has 1 heteroatoms. The fourth-order valence-corrected chi connectivity index (χ4v) is 2.07. The van der Waals surface area contributed by atoms with Crippen LogP contribution in [-0.2, 0) is 0 Å². The van der Waals surface area contributed by atoms with Crippen LogP contribution in [0.4, 0.5) is 0 Å². The van der Waals surface area contributed by atoms with Crippen LogP contribution < -0.4 is 0 Å². The lowest BCUT2D eigenvalue weighted by molar-refractivity contribution is 0.253. The first-order valence-corrected chi connectivity index (χ1v) is 7.23. The third kappa shape index (κ3) is 7.35. The van der Waals surface area contributed by atoms with E-state index in [1.165, 1.54) is 32.1 Å². The summed E-state index contributed by atoms with van der Waals surface area (Å²) in [5.41, 5.74) is 0. The SMILES string of the molecule is CCCC/C=C\C[C@@H]1C[C@@H]1C/C=C\C#C[C@@H](C)O. The number of rotatable bonds is 7. The van der Waals surface area contributed by atoms with Crippen molar-refractivity contribution in [3.8, 4) is 11.8 Å². The summed E-state index contributed by atoms with van der Waals surface area (Å²) in [6.45, 7) is 3.92. The Morgan fingerprint density at radius 3 is 2.61 bits per heavy atom. The van der Waals surface area contributed by atoms with Gasteiger partial charge in [0.1, 0.15) is 6.10 Å². The van der Waals surface area contributed by atoms with Crippen molar-refractivity contribution in [1.29, 1.82) is 0 Å². The zero-order valence-electron chi connectivity index (χ0n) is 11.7. The van der Waals surface area contributed by atoms with Gasteiger partial charge in [-0.2, -0.15) is 0 Å². The minimum absolute atomic E-state index is 0.517. The van der Waals surface area contributed by atoms with E-state index in [4.69, 9.17) is 5.11 Å². The van der Waals surface area contributed by atoms with Crippen molar-refractivity contribution in [2.75, 3.05) is 0 Å². The highest BCUT2D eigenvalue weighted by atomic mass is 16.3. The summed E-state index contributed by atoms with van der Waals surface area (Å²) in [6.07, 6.45) is 15.8. The topological polar surface area (TPSA) is 20.2 Å². The third-order valence-electron chi connectivity index (χ3n) is 3.33. The van der Waals surface area contributed by atoms with Gasteiger partial charge in [0.15, 0.2) is 0 Å². The van der Waals surface area contributed by atoms with Gasteiger partial charge in [-0.05, 0) is 50.5 Å². The van der Waals surface area contributed by atoms with Gasteiger partial charge in [-0.3, -0.25) is 0 Å². The van der Waals surface area contributed by atoms with Gasteiger partial charge in [0.05, 0.1) is 0 Å². The molecule has 0 aliphatic heterocycles. The molecule has 1 fully saturated rings. The van der Waals surface area contributed by atoms with Crippen LogP contribution in [0, 0.1) is 23.7 Å². The first-order valence-electron chi connectivity index (χ1n) is 7.23. The Morgan fingerprint density at radius 2 is 1.94 bits per heavy atom. The van der Waals surface area contributed by atoms with E-state index in [2.05, 4.69) is 37.0 Å². The molecule has 0 amide bonds. The van der Waals surface area contributed by atoms with Crippen molar-refractivity contribution in [1.82, 2.24) is 0 Å². The van der Waals surface area contributed by atoms with Crippen molar-refractivity contribution < 1.29 is 5.11 Å². The van der Waals surface area contributed by atoms with Gasteiger partial charge in [0, 0.05) is 0 Å². The molecule has 0 aromatic carbocycles. The second kappa shape index (κ2) is 9.00. The van der Waals surface area contributed by atoms with E-state index in [9.17, 15) is 0 Å². The molecule has 1 aliphatic rings. The minimum atomic E-state index is -0.517. The molecule has 1 aliphatic carbocycles. The molecule has 1 saturated carbocycles. The normalized spacial score (nSPS) is 24.2. The average molecular weight is 246 g/mol. The Hall–Kier alpha value is -1.00. The van der Waals surface area contributed by atoms with E-state index < -0.39 is 6.10 Å². The lowest BCUT2D eigenvalue weighted by Crippen LogP contribution is -1.91. The first-order chi connectivity index (χ1) is 8.74. The van der Waals surface area contributed by atoms with Gasteiger partial charge >= 0.3 is 0 Å². The second-order valence-electron chi connectivity index (χ2n) is 5.21. The summed E-state index contributed by atoms with van der Waals surface area (Å²) in [6, 6.07) is 0. The molecule has 1 N–H and O–H groups in total. The second-order valence-corrected chi connectivity index (χ2v) is 5.21. The smallest absolute Gasteiger partial charge is 0.112 e. The third-order valence-corrected chi connectivity index (χ3v) is 3.33. The van der Waals surface area contributed by atoms with Crippen LogP contribution in [0.1, 0.15) is 52.4 Å². The van der Waals surface area contributed by atoms with E-state index >= 15 is 0 Å². The van der Waals surface area contributed by atoms with E-state index in [1.54, 1.807) is 6.92 Å². The van der Waals surface area contributed by atoms with Crippen molar-refractivity contribution in [2.24, 2.45) is 11.8 Å². The van der Waals surface area contributed by atoms with Crippen molar-refractivity contribution in [3.05, 3.63) is 24.3 Å². The molecule has 0 bridgehead atoms. The average Bonchev–Trinajstić information content (AvgIpc) is 3.07. The zero-order chi connectivity index (χ0) is 13.2.